The molecule has 2 heterocycles. The van der Waals surface area contributed by atoms with Gasteiger partial charge in [0, 0.05) is 46.9 Å². The summed E-state index contributed by atoms with van der Waals surface area (Å²) in [6.45, 7) is 4.21. The molecule has 0 spiro atoms. The SMILES string of the molecule is CC(CCS(=O)CCC(C)Sc1nnnn1C)Sc1nnnn1C. The van der Waals surface area contributed by atoms with E-state index in [2.05, 4.69) is 44.9 Å². The monoisotopic (exact) mass is 390 g/mol. The van der Waals surface area contributed by atoms with Crippen LogP contribution in [0.25, 0.3) is 0 Å². The van der Waals surface area contributed by atoms with Crippen molar-refractivity contribution >= 4 is 34.3 Å². The molecule has 0 saturated carbocycles. The van der Waals surface area contributed by atoms with E-state index < -0.39 is 10.8 Å². The predicted octanol–water partition coefficient (Wildman–Crippen LogP) is 0.924. The smallest absolute Gasteiger partial charge is 0.209 e. The van der Waals surface area contributed by atoms with E-state index in [1.807, 2.05) is 14.1 Å². The average Bonchev–Trinajstić information content (AvgIpc) is 3.12. The molecule has 0 bridgehead atoms. The van der Waals surface area contributed by atoms with E-state index in [9.17, 15) is 4.21 Å². The Hall–Kier alpha value is -1.01. The normalized spacial score (nSPS) is 15.3. The van der Waals surface area contributed by atoms with Gasteiger partial charge in [-0.05, 0) is 33.7 Å². The fraction of sp³-hybridized carbons (Fsp3) is 0.833. The summed E-state index contributed by atoms with van der Waals surface area (Å²) in [6, 6.07) is 0. The van der Waals surface area contributed by atoms with Crippen molar-refractivity contribution in [3.63, 3.8) is 0 Å². The number of thioether (sulfide) groups is 2. The van der Waals surface area contributed by atoms with Gasteiger partial charge in [0.05, 0.1) is 0 Å². The molecular weight excluding hydrogens is 368 g/mol. The molecule has 2 unspecified atom stereocenters. The van der Waals surface area contributed by atoms with Crippen molar-refractivity contribution in [3.05, 3.63) is 0 Å². The van der Waals surface area contributed by atoms with Crippen LogP contribution in [0.1, 0.15) is 26.7 Å². The standard InChI is InChI=1S/C12H22N8OS3/c1-9(22-11-13-15-17-19(11)3)5-7-24(21)8-6-10(2)23-12-14-16-18-20(12)4/h9-10H,5-8H2,1-4H3. The third-order valence-electron chi connectivity index (χ3n) is 3.28. The maximum atomic E-state index is 12.2. The number of aromatic nitrogens is 8. The molecule has 0 aliphatic rings. The first-order chi connectivity index (χ1) is 11.5. The second-order valence-electron chi connectivity index (χ2n) is 5.45. The van der Waals surface area contributed by atoms with Crippen LogP contribution in [0.2, 0.25) is 0 Å². The molecule has 0 radical (unpaired) electrons. The highest BCUT2D eigenvalue weighted by Crippen LogP contribution is 2.23. The molecule has 2 aromatic rings. The van der Waals surface area contributed by atoms with E-state index >= 15 is 0 Å². The first-order valence-corrected chi connectivity index (χ1v) is 10.8. The number of hydrogen-bond donors (Lipinski definition) is 0. The largest absolute Gasteiger partial charge is 0.260 e. The van der Waals surface area contributed by atoms with Crippen molar-refractivity contribution in [1.82, 2.24) is 40.4 Å². The lowest BCUT2D eigenvalue weighted by Gasteiger charge is -2.11. The molecule has 0 amide bonds. The fourth-order valence-corrected chi connectivity index (χ4v) is 5.29. The fourth-order valence-electron chi connectivity index (χ4n) is 1.82. The molecule has 2 rings (SSSR count). The second-order valence-corrected chi connectivity index (χ2v) is 9.96. The van der Waals surface area contributed by atoms with Gasteiger partial charge >= 0.3 is 0 Å². The van der Waals surface area contributed by atoms with E-state index in [0.717, 1.165) is 23.2 Å². The van der Waals surface area contributed by atoms with E-state index in [1.54, 1.807) is 32.9 Å². The summed E-state index contributed by atoms with van der Waals surface area (Å²) in [5.41, 5.74) is 0. The quantitative estimate of drug-likeness (QED) is 0.548. The Labute approximate surface area is 152 Å². The average molecular weight is 391 g/mol. The maximum Gasteiger partial charge on any atom is 0.209 e. The van der Waals surface area contributed by atoms with Gasteiger partial charge in [0.2, 0.25) is 10.3 Å². The van der Waals surface area contributed by atoms with E-state index in [-0.39, 0.29) is 0 Å². The zero-order valence-corrected chi connectivity index (χ0v) is 16.6. The summed E-state index contributed by atoms with van der Waals surface area (Å²) >= 11 is 3.22. The van der Waals surface area contributed by atoms with Gasteiger partial charge in [0.15, 0.2) is 0 Å². The van der Waals surface area contributed by atoms with Gasteiger partial charge < -0.3 is 0 Å². The molecule has 9 nitrogen and oxygen atoms in total. The number of tetrazole rings is 2. The summed E-state index contributed by atoms with van der Waals surface area (Å²) in [5, 5.41) is 25.0. The van der Waals surface area contributed by atoms with Gasteiger partial charge in [0.1, 0.15) is 0 Å². The Morgan fingerprint density at radius 1 is 0.917 bits per heavy atom. The van der Waals surface area contributed by atoms with Crippen LogP contribution in [0, 0.1) is 0 Å². The zero-order valence-electron chi connectivity index (χ0n) is 14.2. The molecule has 134 valence electrons. The van der Waals surface area contributed by atoms with Crippen molar-refractivity contribution in [2.45, 2.75) is 47.5 Å². The number of aryl methyl sites for hydroxylation is 2. The number of nitrogens with zero attached hydrogens (tertiary/aromatic N) is 8. The Morgan fingerprint density at radius 2 is 1.33 bits per heavy atom. The predicted molar refractivity (Wildman–Crippen MR) is 95.3 cm³/mol. The molecule has 0 fully saturated rings. The minimum atomic E-state index is -0.812. The van der Waals surface area contributed by atoms with Crippen LogP contribution >= 0.6 is 23.5 Å². The third-order valence-corrected chi connectivity index (χ3v) is 7.05. The molecular formula is C12H22N8OS3. The van der Waals surface area contributed by atoms with Gasteiger partial charge in [-0.1, -0.05) is 37.4 Å². The second kappa shape index (κ2) is 9.47. The van der Waals surface area contributed by atoms with Gasteiger partial charge in [-0.2, -0.15) is 0 Å². The van der Waals surface area contributed by atoms with Crippen molar-refractivity contribution in [2.24, 2.45) is 14.1 Å². The highest BCUT2D eigenvalue weighted by Gasteiger charge is 2.14. The minimum Gasteiger partial charge on any atom is -0.260 e. The van der Waals surface area contributed by atoms with Crippen molar-refractivity contribution < 1.29 is 4.21 Å². The Kier molecular flexibility index (Phi) is 7.62. The summed E-state index contributed by atoms with van der Waals surface area (Å²) in [6.07, 6.45) is 1.75. The first kappa shape index (κ1) is 19.3. The Morgan fingerprint density at radius 3 is 1.67 bits per heavy atom. The summed E-state index contributed by atoms with van der Waals surface area (Å²) in [7, 11) is 2.82. The van der Waals surface area contributed by atoms with Crippen LogP contribution in [0.4, 0.5) is 0 Å². The highest BCUT2D eigenvalue weighted by atomic mass is 32.2. The minimum absolute atomic E-state index is 0.329. The Balaban J connectivity index is 1.64. The maximum absolute atomic E-state index is 12.2. The molecule has 0 aromatic carbocycles. The lowest BCUT2D eigenvalue weighted by Crippen LogP contribution is -2.12. The lowest BCUT2D eigenvalue weighted by atomic mass is 10.4. The summed E-state index contributed by atoms with van der Waals surface area (Å²) < 4.78 is 15.5. The summed E-state index contributed by atoms with van der Waals surface area (Å²) in [4.78, 5) is 0. The van der Waals surface area contributed by atoms with Crippen LogP contribution in [0.15, 0.2) is 10.3 Å². The molecule has 2 aromatic heterocycles. The Bertz CT molecular complexity index is 606. The van der Waals surface area contributed by atoms with Crippen molar-refractivity contribution in [2.75, 3.05) is 11.5 Å². The van der Waals surface area contributed by atoms with E-state index in [4.69, 9.17) is 0 Å². The third kappa shape index (κ3) is 6.13. The molecule has 0 aliphatic carbocycles. The van der Waals surface area contributed by atoms with E-state index in [0.29, 0.717) is 22.0 Å². The zero-order chi connectivity index (χ0) is 17.5. The topological polar surface area (TPSA) is 104 Å². The number of hydrogen-bond acceptors (Lipinski definition) is 9. The van der Waals surface area contributed by atoms with E-state index in [1.165, 1.54) is 0 Å². The number of rotatable bonds is 10. The van der Waals surface area contributed by atoms with Gasteiger partial charge in [0.25, 0.3) is 0 Å². The first-order valence-electron chi connectivity index (χ1n) is 7.58. The van der Waals surface area contributed by atoms with Gasteiger partial charge in [-0.3, -0.25) is 4.21 Å². The summed E-state index contributed by atoms with van der Waals surface area (Å²) in [5.74, 6) is 1.39. The molecule has 0 saturated heterocycles. The van der Waals surface area contributed by atoms with Crippen molar-refractivity contribution in [3.8, 4) is 0 Å². The van der Waals surface area contributed by atoms with Crippen LogP contribution < -0.4 is 0 Å². The van der Waals surface area contributed by atoms with Crippen LogP contribution in [-0.4, -0.2) is 66.6 Å². The van der Waals surface area contributed by atoms with Crippen LogP contribution in [-0.2, 0) is 24.9 Å². The van der Waals surface area contributed by atoms with Crippen molar-refractivity contribution in [1.29, 1.82) is 0 Å². The molecule has 0 aliphatic heterocycles. The molecule has 24 heavy (non-hydrogen) atoms. The molecule has 2 atom stereocenters. The van der Waals surface area contributed by atoms with Gasteiger partial charge in [-0.15, -0.1) is 10.2 Å². The highest BCUT2D eigenvalue weighted by molar-refractivity contribution is 8.00. The van der Waals surface area contributed by atoms with Gasteiger partial charge in [-0.25, -0.2) is 9.36 Å². The van der Waals surface area contributed by atoms with Crippen LogP contribution in [0.5, 0.6) is 0 Å². The molecule has 12 heteroatoms. The lowest BCUT2D eigenvalue weighted by molar-refractivity contribution is 0.661. The van der Waals surface area contributed by atoms with Crippen LogP contribution in [0.3, 0.4) is 0 Å². The molecule has 0 N–H and O–H groups in total.